The quantitative estimate of drug-likeness (QED) is 0.600. The first-order valence-corrected chi connectivity index (χ1v) is 10.6. The molecule has 156 valence electrons. The van der Waals surface area contributed by atoms with Gasteiger partial charge in [0.2, 0.25) is 5.91 Å². The molecule has 0 heterocycles. The summed E-state index contributed by atoms with van der Waals surface area (Å²) in [5.41, 5.74) is 1.90. The average Bonchev–Trinajstić information content (AvgIpc) is 2.70. The van der Waals surface area contributed by atoms with Gasteiger partial charge in [0.05, 0.1) is 0 Å². The molecule has 1 N–H and O–H groups in total. The van der Waals surface area contributed by atoms with Crippen LogP contribution in [0.1, 0.15) is 38.3 Å². The smallest absolute Gasteiger partial charge is 0.261 e. The predicted octanol–water partition coefficient (Wildman–Crippen LogP) is 4.47. The van der Waals surface area contributed by atoms with Crippen LogP contribution >= 0.6 is 15.9 Å². The van der Waals surface area contributed by atoms with E-state index < -0.39 is 6.04 Å². The number of aryl methyl sites for hydroxylation is 1. The SMILES string of the molecule is CC[C@@H](C)NC(=O)[C@@H](C)N(Cc1cccc(Br)c1)C(=O)COc1ccccc1C. The van der Waals surface area contributed by atoms with Gasteiger partial charge >= 0.3 is 0 Å². The van der Waals surface area contributed by atoms with E-state index in [-0.39, 0.29) is 24.5 Å². The summed E-state index contributed by atoms with van der Waals surface area (Å²) in [6.45, 7) is 7.84. The molecule has 5 nitrogen and oxygen atoms in total. The van der Waals surface area contributed by atoms with E-state index >= 15 is 0 Å². The number of nitrogens with zero attached hydrogens (tertiary/aromatic N) is 1. The normalized spacial score (nSPS) is 12.7. The lowest BCUT2D eigenvalue weighted by molar-refractivity contribution is -0.142. The number of para-hydroxylation sites is 1. The molecule has 0 saturated heterocycles. The van der Waals surface area contributed by atoms with Gasteiger partial charge in [0.25, 0.3) is 5.91 Å². The molecule has 0 spiro atoms. The van der Waals surface area contributed by atoms with Crippen LogP contribution < -0.4 is 10.1 Å². The van der Waals surface area contributed by atoms with Crippen molar-refractivity contribution >= 4 is 27.7 Å². The van der Waals surface area contributed by atoms with Crippen molar-refractivity contribution < 1.29 is 14.3 Å². The predicted molar refractivity (Wildman–Crippen MR) is 119 cm³/mol. The third-order valence-corrected chi connectivity index (χ3v) is 5.35. The Balaban J connectivity index is 2.17. The van der Waals surface area contributed by atoms with Crippen molar-refractivity contribution in [2.75, 3.05) is 6.61 Å². The van der Waals surface area contributed by atoms with Crippen molar-refractivity contribution in [2.24, 2.45) is 0 Å². The highest BCUT2D eigenvalue weighted by Gasteiger charge is 2.27. The number of benzene rings is 2. The van der Waals surface area contributed by atoms with Crippen LogP contribution in [-0.4, -0.2) is 35.4 Å². The third kappa shape index (κ3) is 6.89. The largest absolute Gasteiger partial charge is 0.484 e. The summed E-state index contributed by atoms with van der Waals surface area (Å²) in [7, 11) is 0. The first-order valence-electron chi connectivity index (χ1n) is 9.84. The van der Waals surface area contributed by atoms with Gasteiger partial charge in [0, 0.05) is 17.1 Å². The number of ether oxygens (including phenoxy) is 1. The molecule has 6 heteroatoms. The van der Waals surface area contributed by atoms with E-state index in [1.54, 1.807) is 11.8 Å². The molecular weight excluding hydrogens is 432 g/mol. The Morgan fingerprint density at radius 2 is 1.86 bits per heavy atom. The lowest BCUT2D eigenvalue weighted by atomic mass is 10.1. The molecule has 0 aliphatic rings. The maximum absolute atomic E-state index is 13.0. The highest BCUT2D eigenvalue weighted by Crippen LogP contribution is 2.18. The summed E-state index contributed by atoms with van der Waals surface area (Å²) in [6.07, 6.45) is 0.828. The van der Waals surface area contributed by atoms with Gasteiger partial charge in [-0.1, -0.05) is 53.2 Å². The zero-order chi connectivity index (χ0) is 21.4. The van der Waals surface area contributed by atoms with Gasteiger partial charge in [0.15, 0.2) is 6.61 Å². The van der Waals surface area contributed by atoms with E-state index in [2.05, 4.69) is 21.2 Å². The molecule has 2 atom stereocenters. The Morgan fingerprint density at radius 3 is 2.52 bits per heavy atom. The Kier molecular flexibility index (Phi) is 8.70. The van der Waals surface area contributed by atoms with E-state index in [0.717, 1.165) is 22.0 Å². The van der Waals surface area contributed by atoms with Gasteiger partial charge in [-0.3, -0.25) is 9.59 Å². The first kappa shape index (κ1) is 22.9. The number of rotatable bonds is 9. The highest BCUT2D eigenvalue weighted by atomic mass is 79.9. The number of nitrogens with one attached hydrogen (secondary N) is 1. The van der Waals surface area contributed by atoms with Gasteiger partial charge in [-0.25, -0.2) is 0 Å². The Labute approximate surface area is 181 Å². The molecule has 0 fully saturated rings. The molecule has 0 aliphatic heterocycles. The van der Waals surface area contributed by atoms with Crippen LogP contribution in [0.2, 0.25) is 0 Å². The van der Waals surface area contributed by atoms with E-state index in [0.29, 0.717) is 12.3 Å². The van der Waals surface area contributed by atoms with Crippen LogP contribution in [-0.2, 0) is 16.1 Å². The number of hydrogen-bond acceptors (Lipinski definition) is 3. The fraction of sp³-hybridized carbons (Fsp3) is 0.391. The van der Waals surface area contributed by atoms with Crippen LogP contribution in [0, 0.1) is 6.92 Å². The molecule has 2 aromatic carbocycles. The van der Waals surface area contributed by atoms with Gasteiger partial charge < -0.3 is 15.0 Å². The molecule has 0 aliphatic carbocycles. The summed E-state index contributed by atoms with van der Waals surface area (Å²) >= 11 is 3.46. The molecule has 0 unspecified atom stereocenters. The van der Waals surface area contributed by atoms with Crippen molar-refractivity contribution in [3.8, 4) is 5.75 Å². The van der Waals surface area contributed by atoms with E-state index in [1.165, 1.54) is 0 Å². The van der Waals surface area contributed by atoms with Crippen molar-refractivity contribution in [3.05, 3.63) is 64.1 Å². The first-order chi connectivity index (χ1) is 13.8. The van der Waals surface area contributed by atoms with Gasteiger partial charge in [-0.15, -0.1) is 0 Å². The van der Waals surface area contributed by atoms with Crippen LogP contribution in [0.15, 0.2) is 53.0 Å². The van der Waals surface area contributed by atoms with Crippen molar-refractivity contribution in [2.45, 2.75) is 52.7 Å². The summed E-state index contributed by atoms with van der Waals surface area (Å²) in [5.74, 6) is 0.263. The maximum Gasteiger partial charge on any atom is 0.261 e. The van der Waals surface area contributed by atoms with Gasteiger partial charge in [0.1, 0.15) is 11.8 Å². The second-order valence-electron chi connectivity index (χ2n) is 7.20. The second-order valence-corrected chi connectivity index (χ2v) is 8.12. The second kappa shape index (κ2) is 11.0. The zero-order valence-electron chi connectivity index (χ0n) is 17.4. The lowest BCUT2D eigenvalue weighted by Crippen LogP contribution is -2.50. The Bertz CT molecular complexity index is 840. The van der Waals surface area contributed by atoms with E-state index in [9.17, 15) is 9.59 Å². The lowest BCUT2D eigenvalue weighted by Gasteiger charge is -2.29. The van der Waals surface area contributed by atoms with Crippen LogP contribution in [0.4, 0.5) is 0 Å². The zero-order valence-corrected chi connectivity index (χ0v) is 19.0. The minimum absolute atomic E-state index is 0.0518. The fourth-order valence-corrected chi connectivity index (χ4v) is 3.27. The van der Waals surface area contributed by atoms with E-state index in [4.69, 9.17) is 4.74 Å². The number of hydrogen-bond donors (Lipinski definition) is 1. The summed E-state index contributed by atoms with van der Waals surface area (Å²) in [4.78, 5) is 27.3. The Morgan fingerprint density at radius 1 is 1.14 bits per heavy atom. The van der Waals surface area contributed by atoms with Crippen molar-refractivity contribution in [1.82, 2.24) is 10.2 Å². The summed E-state index contributed by atoms with van der Waals surface area (Å²) in [5, 5.41) is 2.96. The number of amides is 2. The molecular formula is C23H29BrN2O3. The van der Waals surface area contributed by atoms with Gasteiger partial charge in [-0.05, 0) is 56.5 Å². The molecule has 0 saturated carbocycles. The summed E-state index contributed by atoms with van der Waals surface area (Å²) in [6, 6.07) is 14.7. The molecule has 0 bridgehead atoms. The minimum atomic E-state index is -0.615. The highest BCUT2D eigenvalue weighted by molar-refractivity contribution is 9.10. The van der Waals surface area contributed by atoms with E-state index in [1.807, 2.05) is 69.3 Å². The molecule has 0 aromatic heterocycles. The summed E-state index contributed by atoms with van der Waals surface area (Å²) < 4.78 is 6.67. The standard InChI is InChI=1S/C23H29BrN2O3/c1-5-17(3)25-23(28)18(4)26(14-19-10-8-11-20(24)13-19)22(27)15-29-21-12-7-6-9-16(21)2/h6-13,17-18H,5,14-15H2,1-4H3,(H,25,28)/t17-,18-/m1/s1. The van der Waals surface area contributed by atoms with Crippen LogP contribution in [0.25, 0.3) is 0 Å². The van der Waals surface area contributed by atoms with Crippen molar-refractivity contribution in [1.29, 1.82) is 0 Å². The molecule has 2 aromatic rings. The Hall–Kier alpha value is -2.34. The van der Waals surface area contributed by atoms with Crippen LogP contribution in [0.5, 0.6) is 5.75 Å². The number of carbonyl (C=O) groups is 2. The molecule has 0 radical (unpaired) electrons. The van der Waals surface area contributed by atoms with Crippen molar-refractivity contribution in [3.63, 3.8) is 0 Å². The molecule has 2 rings (SSSR count). The monoisotopic (exact) mass is 460 g/mol. The third-order valence-electron chi connectivity index (χ3n) is 4.86. The molecule has 29 heavy (non-hydrogen) atoms. The average molecular weight is 461 g/mol. The van der Waals surface area contributed by atoms with Crippen LogP contribution in [0.3, 0.4) is 0 Å². The topological polar surface area (TPSA) is 58.6 Å². The minimum Gasteiger partial charge on any atom is -0.484 e. The number of carbonyl (C=O) groups excluding carboxylic acids is 2. The van der Waals surface area contributed by atoms with Gasteiger partial charge in [-0.2, -0.15) is 0 Å². The number of halogens is 1. The fourth-order valence-electron chi connectivity index (χ4n) is 2.82. The maximum atomic E-state index is 13.0. The molecule has 2 amide bonds.